The van der Waals surface area contributed by atoms with Crippen LogP contribution in [0.3, 0.4) is 0 Å². The highest BCUT2D eigenvalue weighted by molar-refractivity contribution is 7.18. The molecule has 3 unspecified atom stereocenters. The van der Waals surface area contributed by atoms with E-state index >= 15 is 0 Å². The number of benzene rings is 1. The van der Waals surface area contributed by atoms with Gasteiger partial charge in [-0.15, -0.1) is 0 Å². The second-order valence-corrected chi connectivity index (χ2v) is 8.25. The molecule has 5 rings (SSSR count). The molecule has 7 heteroatoms. The monoisotopic (exact) mass is 366 g/mol. The first kappa shape index (κ1) is 16.1. The van der Waals surface area contributed by atoms with Gasteiger partial charge in [0.25, 0.3) is 0 Å². The minimum atomic E-state index is 0.454. The van der Waals surface area contributed by atoms with Gasteiger partial charge in [-0.2, -0.15) is 0 Å². The standard InChI is InChI=1S/C19H22N6S/c1-2-4-12(5-3-1)8-16-24-17-18(20-11-21-19(17)26-16)23-14-6-7-15-13(9-14)10-22-25-15/h1-5,11,13-15,22,25H,6-10H2,(H,20,21,23). The zero-order valence-corrected chi connectivity index (χ0v) is 15.3. The average Bonchev–Trinajstić information content (AvgIpc) is 3.29. The predicted octanol–water partition coefficient (Wildman–Crippen LogP) is 2.73. The third kappa shape index (κ3) is 3.18. The maximum atomic E-state index is 4.85. The first-order valence-corrected chi connectivity index (χ1v) is 10.1. The third-order valence-corrected chi connectivity index (χ3v) is 6.38. The van der Waals surface area contributed by atoms with Crippen molar-refractivity contribution in [1.82, 2.24) is 25.8 Å². The van der Waals surface area contributed by atoms with Crippen LogP contribution < -0.4 is 16.2 Å². The van der Waals surface area contributed by atoms with Crippen molar-refractivity contribution in [2.24, 2.45) is 5.92 Å². The average molecular weight is 366 g/mol. The van der Waals surface area contributed by atoms with E-state index in [1.54, 1.807) is 17.7 Å². The van der Waals surface area contributed by atoms with E-state index in [-0.39, 0.29) is 0 Å². The molecule has 2 aliphatic rings. The van der Waals surface area contributed by atoms with Crippen LogP contribution in [-0.2, 0) is 6.42 Å². The number of thiazole rings is 1. The molecule has 0 radical (unpaired) electrons. The van der Waals surface area contributed by atoms with E-state index in [4.69, 9.17) is 4.98 Å². The van der Waals surface area contributed by atoms with Crippen LogP contribution in [0, 0.1) is 5.92 Å². The van der Waals surface area contributed by atoms with E-state index in [0.717, 1.165) is 47.0 Å². The molecule has 134 valence electrons. The molecule has 1 aromatic carbocycles. The topological polar surface area (TPSA) is 74.8 Å². The summed E-state index contributed by atoms with van der Waals surface area (Å²) in [5, 5.41) is 4.74. The van der Waals surface area contributed by atoms with E-state index < -0.39 is 0 Å². The Balaban J connectivity index is 1.36. The quantitative estimate of drug-likeness (QED) is 0.659. The van der Waals surface area contributed by atoms with Crippen LogP contribution in [0.4, 0.5) is 5.82 Å². The summed E-state index contributed by atoms with van der Waals surface area (Å²) in [4.78, 5) is 14.7. The van der Waals surface area contributed by atoms with E-state index in [9.17, 15) is 0 Å². The fourth-order valence-electron chi connectivity index (χ4n) is 4.07. The van der Waals surface area contributed by atoms with Crippen molar-refractivity contribution in [2.45, 2.75) is 37.8 Å². The molecular weight excluding hydrogens is 344 g/mol. The number of nitrogens with one attached hydrogen (secondary N) is 3. The molecule has 3 N–H and O–H groups in total. The Kier molecular flexibility index (Phi) is 4.28. The van der Waals surface area contributed by atoms with Crippen LogP contribution in [0.25, 0.3) is 10.3 Å². The number of rotatable bonds is 4. The minimum Gasteiger partial charge on any atom is -0.365 e. The molecule has 1 aliphatic carbocycles. The molecule has 0 amide bonds. The molecule has 3 heterocycles. The summed E-state index contributed by atoms with van der Waals surface area (Å²) >= 11 is 1.66. The van der Waals surface area contributed by atoms with Crippen LogP contribution >= 0.6 is 11.3 Å². The van der Waals surface area contributed by atoms with Crippen molar-refractivity contribution in [3.63, 3.8) is 0 Å². The van der Waals surface area contributed by atoms with Crippen LogP contribution in [0.1, 0.15) is 29.8 Å². The molecule has 2 fully saturated rings. The highest BCUT2D eigenvalue weighted by Crippen LogP contribution is 2.31. The van der Waals surface area contributed by atoms with Gasteiger partial charge in [0.2, 0.25) is 0 Å². The van der Waals surface area contributed by atoms with Crippen molar-refractivity contribution in [3.8, 4) is 0 Å². The fourth-order valence-corrected chi connectivity index (χ4v) is 5.01. The Morgan fingerprint density at radius 1 is 1.15 bits per heavy atom. The van der Waals surface area contributed by atoms with Gasteiger partial charge in [0.1, 0.15) is 16.7 Å². The number of hydrogen-bond acceptors (Lipinski definition) is 7. The van der Waals surface area contributed by atoms with Gasteiger partial charge < -0.3 is 5.32 Å². The number of aromatic nitrogens is 3. The Morgan fingerprint density at radius 3 is 3.00 bits per heavy atom. The number of hydrazine groups is 1. The maximum absolute atomic E-state index is 4.85. The maximum Gasteiger partial charge on any atom is 0.157 e. The summed E-state index contributed by atoms with van der Waals surface area (Å²) in [6, 6.07) is 11.5. The first-order valence-electron chi connectivity index (χ1n) is 9.24. The van der Waals surface area contributed by atoms with Gasteiger partial charge in [-0.05, 0) is 30.7 Å². The highest BCUT2D eigenvalue weighted by Gasteiger charge is 2.34. The lowest BCUT2D eigenvalue weighted by molar-refractivity contribution is 0.314. The van der Waals surface area contributed by atoms with Crippen molar-refractivity contribution in [1.29, 1.82) is 0 Å². The number of fused-ring (bicyclic) bond motifs is 2. The Morgan fingerprint density at radius 2 is 2.08 bits per heavy atom. The lowest BCUT2D eigenvalue weighted by Gasteiger charge is -2.31. The van der Waals surface area contributed by atoms with Crippen molar-refractivity contribution in [3.05, 3.63) is 47.2 Å². The molecule has 3 aromatic rings. The molecule has 6 nitrogen and oxygen atoms in total. The number of anilines is 1. The largest absolute Gasteiger partial charge is 0.365 e. The van der Waals surface area contributed by atoms with Crippen LogP contribution in [0.5, 0.6) is 0 Å². The van der Waals surface area contributed by atoms with Gasteiger partial charge in [-0.25, -0.2) is 15.0 Å². The van der Waals surface area contributed by atoms with Gasteiger partial charge in [0.15, 0.2) is 5.82 Å². The fraction of sp³-hybridized carbons (Fsp3) is 0.421. The summed E-state index contributed by atoms with van der Waals surface area (Å²) in [5.41, 5.74) is 8.86. The van der Waals surface area contributed by atoms with E-state index in [2.05, 4.69) is 50.4 Å². The van der Waals surface area contributed by atoms with Gasteiger partial charge >= 0.3 is 0 Å². The van der Waals surface area contributed by atoms with E-state index in [0.29, 0.717) is 18.0 Å². The van der Waals surface area contributed by atoms with Crippen LogP contribution in [0.2, 0.25) is 0 Å². The lowest BCUT2D eigenvalue weighted by Crippen LogP contribution is -2.39. The van der Waals surface area contributed by atoms with Gasteiger partial charge in [-0.3, -0.25) is 10.9 Å². The zero-order chi connectivity index (χ0) is 17.3. The molecule has 26 heavy (non-hydrogen) atoms. The lowest BCUT2D eigenvalue weighted by atomic mass is 9.83. The minimum absolute atomic E-state index is 0.454. The summed E-state index contributed by atoms with van der Waals surface area (Å²) in [7, 11) is 0. The molecule has 1 saturated carbocycles. The molecule has 0 bridgehead atoms. The zero-order valence-electron chi connectivity index (χ0n) is 14.5. The van der Waals surface area contributed by atoms with Crippen molar-refractivity contribution < 1.29 is 0 Å². The van der Waals surface area contributed by atoms with E-state index in [1.165, 1.54) is 12.0 Å². The Hall–Kier alpha value is -2.09. The molecule has 0 spiro atoms. The number of nitrogens with zero attached hydrogens (tertiary/aromatic N) is 3. The van der Waals surface area contributed by atoms with E-state index in [1.807, 2.05) is 6.07 Å². The SMILES string of the molecule is c1ccc(Cc2nc3c(NC4CCC5NNCC5C4)ncnc3s2)cc1. The third-order valence-electron chi connectivity index (χ3n) is 5.41. The summed E-state index contributed by atoms with van der Waals surface area (Å²) in [6.07, 6.45) is 6.00. The normalized spacial score (nSPS) is 25.3. The summed E-state index contributed by atoms with van der Waals surface area (Å²) in [6.45, 7) is 1.06. The molecule has 1 aliphatic heterocycles. The van der Waals surface area contributed by atoms with Gasteiger partial charge in [0.05, 0.1) is 5.01 Å². The van der Waals surface area contributed by atoms with Gasteiger partial charge in [-0.1, -0.05) is 41.7 Å². The predicted molar refractivity (Wildman–Crippen MR) is 104 cm³/mol. The molecule has 3 atom stereocenters. The van der Waals surface area contributed by atoms with Crippen LogP contribution in [-0.4, -0.2) is 33.6 Å². The second-order valence-electron chi connectivity index (χ2n) is 7.19. The Bertz CT molecular complexity index is 895. The smallest absolute Gasteiger partial charge is 0.157 e. The molecular formula is C19H22N6S. The van der Waals surface area contributed by atoms with Crippen molar-refractivity contribution in [2.75, 3.05) is 11.9 Å². The first-order chi connectivity index (χ1) is 12.8. The number of hydrogen-bond donors (Lipinski definition) is 3. The highest BCUT2D eigenvalue weighted by atomic mass is 32.1. The second kappa shape index (κ2) is 6.90. The summed E-state index contributed by atoms with van der Waals surface area (Å²) in [5.74, 6) is 1.58. The Labute approximate surface area is 156 Å². The molecule has 1 saturated heterocycles. The van der Waals surface area contributed by atoms with Crippen molar-refractivity contribution >= 4 is 27.5 Å². The molecule has 2 aromatic heterocycles. The summed E-state index contributed by atoms with van der Waals surface area (Å²) < 4.78 is 0. The van der Waals surface area contributed by atoms with Gasteiger partial charge in [0, 0.05) is 25.0 Å². The van der Waals surface area contributed by atoms with Crippen LogP contribution in [0.15, 0.2) is 36.7 Å².